The van der Waals surface area contributed by atoms with Gasteiger partial charge in [-0.1, -0.05) is 30.3 Å². The van der Waals surface area contributed by atoms with Crippen molar-refractivity contribution >= 4 is 11.6 Å². The maximum atomic E-state index is 12.9. The molecule has 3 nitrogen and oxygen atoms in total. The number of nitrogens with zero attached hydrogens (tertiary/aromatic N) is 1. The van der Waals surface area contributed by atoms with E-state index in [-0.39, 0.29) is 5.91 Å². The molecule has 0 N–H and O–H groups in total. The zero-order valence-electron chi connectivity index (χ0n) is 12.4. The van der Waals surface area contributed by atoms with Crippen LogP contribution in [0.1, 0.15) is 18.9 Å². The van der Waals surface area contributed by atoms with Crippen molar-refractivity contribution < 1.29 is 9.53 Å². The fraction of sp³-hybridized carbons (Fsp3) is 0.278. The molecule has 0 radical (unpaired) electrons. The van der Waals surface area contributed by atoms with E-state index in [4.69, 9.17) is 4.74 Å². The Hall–Kier alpha value is -2.29. The Morgan fingerprint density at radius 2 is 1.71 bits per heavy atom. The summed E-state index contributed by atoms with van der Waals surface area (Å²) in [5.74, 6) is 0.968. The quantitative estimate of drug-likeness (QED) is 0.863. The van der Waals surface area contributed by atoms with E-state index in [1.807, 2.05) is 66.4 Å². The van der Waals surface area contributed by atoms with Crippen LogP contribution in [0.4, 0.5) is 5.69 Å². The molecule has 0 unspecified atom stereocenters. The van der Waals surface area contributed by atoms with E-state index in [9.17, 15) is 4.79 Å². The molecule has 0 bridgehead atoms. The second-order valence-corrected chi connectivity index (χ2v) is 5.60. The van der Waals surface area contributed by atoms with Crippen molar-refractivity contribution in [3.63, 3.8) is 0 Å². The van der Waals surface area contributed by atoms with E-state index in [2.05, 4.69) is 0 Å². The highest BCUT2D eigenvalue weighted by atomic mass is 16.5. The number of hydrogen-bond donors (Lipinski definition) is 0. The van der Waals surface area contributed by atoms with Gasteiger partial charge in [0.05, 0.1) is 12.5 Å². The normalized spacial score (nSPS) is 21.6. The highest BCUT2D eigenvalue weighted by molar-refractivity contribution is 6.03. The van der Waals surface area contributed by atoms with Crippen LogP contribution in [0, 0.1) is 0 Å². The molecule has 0 saturated carbocycles. The van der Waals surface area contributed by atoms with E-state index >= 15 is 0 Å². The summed E-state index contributed by atoms with van der Waals surface area (Å²) in [6.45, 7) is 2.78. The van der Waals surface area contributed by atoms with E-state index < -0.39 is 5.41 Å². The second kappa shape index (κ2) is 5.24. The van der Waals surface area contributed by atoms with Crippen molar-refractivity contribution in [1.29, 1.82) is 0 Å². The molecule has 2 aromatic rings. The van der Waals surface area contributed by atoms with Gasteiger partial charge in [-0.25, -0.2) is 0 Å². The average molecular weight is 281 g/mol. The first kappa shape index (κ1) is 13.7. The maximum absolute atomic E-state index is 12.9. The minimum atomic E-state index is -0.429. The number of hydrogen-bond acceptors (Lipinski definition) is 2. The predicted molar refractivity (Wildman–Crippen MR) is 83.8 cm³/mol. The Morgan fingerprint density at radius 3 is 2.33 bits per heavy atom. The van der Waals surface area contributed by atoms with E-state index in [1.165, 1.54) is 0 Å². The largest absolute Gasteiger partial charge is 0.497 e. The SMILES string of the molecule is COc1ccc(N2CC[C@@](C)(c3ccccc3)C2=O)cc1. The molecule has 3 rings (SSSR count). The average Bonchev–Trinajstić information content (AvgIpc) is 2.85. The van der Waals surface area contributed by atoms with Crippen molar-refractivity contribution in [2.45, 2.75) is 18.8 Å². The number of anilines is 1. The van der Waals surface area contributed by atoms with Crippen LogP contribution in [0.5, 0.6) is 5.75 Å². The fourth-order valence-electron chi connectivity index (χ4n) is 2.92. The molecule has 1 amide bonds. The molecule has 1 aliphatic rings. The highest BCUT2D eigenvalue weighted by Crippen LogP contribution is 2.37. The third kappa shape index (κ3) is 2.29. The molecule has 1 saturated heterocycles. The number of amides is 1. The van der Waals surface area contributed by atoms with Gasteiger partial charge in [-0.2, -0.15) is 0 Å². The molecular weight excluding hydrogens is 262 g/mol. The third-order valence-electron chi connectivity index (χ3n) is 4.35. The zero-order valence-corrected chi connectivity index (χ0v) is 12.4. The van der Waals surface area contributed by atoms with Crippen LogP contribution in [-0.4, -0.2) is 19.6 Å². The standard InChI is InChI=1S/C18H19NO2/c1-18(14-6-4-3-5-7-14)12-13-19(17(18)20)15-8-10-16(21-2)11-9-15/h3-11H,12-13H2,1-2H3/t18-/m0/s1. The van der Waals surface area contributed by atoms with Gasteiger partial charge >= 0.3 is 0 Å². The molecule has 1 heterocycles. The van der Waals surface area contributed by atoms with E-state index in [0.29, 0.717) is 0 Å². The smallest absolute Gasteiger partial charge is 0.237 e. The van der Waals surface area contributed by atoms with Gasteiger partial charge in [-0.15, -0.1) is 0 Å². The van der Waals surface area contributed by atoms with Gasteiger partial charge in [0.25, 0.3) is 0 Å². The lowest BCUT2D eigenvalue weighted by Crippen LogP contribution is -2.35. The summed E-state index contributed by atoms with van der Waals surface area (Å²) in [5.41, 5.74) is 1.59. The van der Waals surface area contributed by atoms with Crippen molar-refractivity contribution in [1.82, 2.24) is 0 Å². The summed E-state index contributed by atoms with van der Waals surface area (Å²) in [4.78, 5) is 14.7. The molecule has 0 aromatic heterocycles. The van der Waals surface area contributed by atoms with Crippen LogP contribution in [0.15, 0.2) is 54.6 Å². The molecule has 108 valence electrons. The van der Waals surface area contributed by atoms with E-state index in [1.54, 1.807) is 7.11 Å². The Morgan fingerprint density at radius 1 is 1.05 bits per heavy atom. The lowest BCUT2D eigenvalue weighted by molar-refractivity contribution is -0.121. The monoisotopic (exact) mass is 281 g/mol. The first-order valence-electron chi connectivity index (χ1n) is 7.17. The summed E-state index contributed by atoms with van der Waals surface area (Å²) in [6, 6.07) is 17.7. The Kier molecular flexibility index (Phi) is 3.42. The first-order valence-corrected chi connectivity index (χ1v) is 7.17. The summed E-state index contributed by atoms with van der Waals surface area (Å²) in [5, 5.41) is 0. The number of carbonyl (C=O) groups excluding carboxylic acids is 1. The Labute approximate surface area is 125 Å². The lowest BCUT2D eigenvalue weighted by atomic mass is 9.81. The molecule has 3 heteroatoms. The van der Waals surface area contributed by atoms with Crippen LogP contribution in [0.2, 0.25) is 0 Å². The highest BCUT2D eigenvalue weighted by Gasteiger charge is 2.44. The number of methoxy groups -OCH3 is 1. The van der Waals surface area contributed by atoms with Gasteiger partial charge in [0, 0.05) is 12.2 Å². The molecule has 0 spiro atoms. The van der Waals surface area contributed by atoms with Crippen LogP contribution < -0.4 is 9.64 Å². The fourth-order valence-corrected chi connectivity index (χ4v) is 2.92. The maximum Gasteiger partial charge on any atom is 0.237 e. The summed E-state index contributed by atoms with van der Waals surface area (Å²) < 4.78 is 5.17. The second-order valence-electron chi connectivity index (χ2n) is 5.60. The van der Waals surface area contributed by atoms with Crippen molar-refractivity contribution in [3.05, 3.63) is 60.2 Å². The number of ether oxygens (including phenoxy) is 1. The van der Waals surface area contributed by atoms with Gasteiger partial charge in [0.2, 0.25) is 5.91 Å². The van der Waals surface area contributed by atoms with Crippen molar-refractivity contribution in [2.24, 2.45) is 0 Å². The predicted octanol–water partition coefficient (Wildman–Crippen LogP) is 3.39. The summed E-state index contributed by atoms with van der Waals surface area (Å²) >= 11 is 0. The minimum Gasteiger partial charge on any atom is -0.497 e. The number of carbonyl (C=O) groups is 1. The zero-order chi connectivity index (χ0) is 14.9. The number of rotatable bonds is 3. The van der Waals surface area contributed by atoms with Gasteiger partial charge < -0.3 is 9.64 Å². The first-order chi connectivity index (χ1) is 10.1. The summed E-state index contributed by atoms with van der Waals surface area (Å²) in [7, 11) is 1.64. The van der Waals surface area contributed by atoms with E-state index in [0.717, 1.165) is 30.0 Å². The molecule has 0 aliphatic carbocycles. The third-order valence-corrected chi connectivity index (χ3v) is 4.35. The van der Waals surface area contributed by atoms with Crippen molar-refractivity contribution in [3.8, 4) is 5.75 Å². The van der Waals surface area contributed by atoms with Gasteiger partial charge in [0.15, 0.2) is 0 Å². The topological polar surface area (TPSA) is 29.5 Å². The lowest BCUT2D eigenvalue weighted by Gasteiger charge is -2.24. The molecule has 1 atom stereocenters. The molecule has 21 heavy (non-hydrogen) atoms. The molecule has 2 aromatic carbocycles. The van der Waals surface area contributed by atoms with Crippen LogP contribution in [0.3, 0.4) is 0 Å². The molecule has 1 fully saturated rings. The Balaban J connectivity index is 1.89. The van der Waals surface area contributed by atoms with Gasteiger partial charge in [-0.3, -0.25) is 4.79 Å². The van der Waals surface area contributed by atoms with Crippen LogP contribution >= 0.6 is 0 Å². The van der Waals surface area contributed by atoms with Crippen molar-refractivity contribution in [2.75, 3.05) is 18.6 Å². The van der Waals surface area contributed by atoms with Gasteiger partial charge in [-0.05, 0) is 43.2 Å². The minimum absolute atomic E-state index is 0.166. The molecule has 1 aliphatic heterocycles. The van der Waals surface area contributed by atoms with Gasteiger partial charge in [0.1, 0.15) is 5.75 Å². The van der Waals surface area contributed by atoms with Crippen LogP contribution in [-0.2, 0) is 10.2 Å². The Bertz CT molecular complexity index is 636. The molecular formula is C18H19NO2. The number of benzene rings is 2. The van der Waals surface area contributed by atoms with Crippen LogP contribution in [0.25, 0.3) is 0 Å². The summed E-state index contributed by atoms with van der Waals surface area (Å²) in [6.07, 6.45) is 0.835.